The lowest BCUT2D eigenvalue weighted by Gasteiger charge is -2.29. The normalized spacial score (nSPS) is 14.5. The van der Waals surface area contributed by atoms with Crippen molar-refractivity contribution in [3.8, 4) is 22.8 Å². The number of hydrogen-bond acceptors (Lipinski definition) is 7. The molecule has 3 aromatic rings. The second-order valence-electron chi connectivity index (χ2n) is 6.30. The minimum Gasteiger partial charge on any atom is -0.334 e. The van der Waals surface area contributed by atoms with E-state index in [2.05, 4.69) is 37.1 Å². The quantitative estimate of drug-likeness (QED) is 0.724. The van der Waals surface area contributed by atoms with Crippen molar-refractivity contribution in [2.75, 3.05) is 13.1 Å². The van der Waals surface area contributed by atoms with Crippen molar-refractivity contribution in [2.45, 2.75) is 33.2 Å². The van der Waals surface area contributed by atoms with E-state index in [1.807, 2.05) is 13.1 Å². The number of aromatic nitrogens is 5. The highest BCUT2D eigenvalue weighted by Crippen LogP contribution is 2.31. The smallest absolute Gasteiger partial charge is 0.259 e. The van der Waals surface area contributed by atoms with Gasteiger partial charge in [-0.1, -0.05) is 12.1 Å². The molecule has 0 radical (unpaired) electrons. The van der Waals surface area contributed by atoms with Crippen molar-refractivity contribution >= 4 is 0 Å². The number of rotatable bonds is 4. The maximum atomic E-state index is 5.44. The summed E-state index contributed by atoms with van der Waals surface area (Å²) < 4.78 is 5.44. The Kier molecular flexibility index (Phi) is 4.23. The molecule has 0 fully saturated rings. The highest BCUT2D eigenvalue weighted by Gasteiger charge is 2.24. The molecule has 0 aliphatic carbocycles. The van der Waals surface area contributed by atoms with Gasteiger partial charge in [-0.15, -0.1) is 0 Å². The van der Waals surface area contributed by atoms with Gasteiger partial charge in [0, 0.05) is 30.5 Å². The topological polar surface area (TPSA) is 80.8 Å². The van der Waals surface area contributed by atoms with Gasteiger partial charge in [-0.3, -0.25) is 9.88 Å². The van der Waals surface area contributed by atoms with Gasteiger partial charge < -0.3 is 4.52 Å². The largest absolute Gasteiger partial charge is 0.334 e. The summed E-state index contributed by atoms with van der Waals surface area (Å²) in [7, 11) is 0. The zero-order valence-corrected chi connectivity index (χ0v) is 14.4. The minimum atomic E-state index is 0.449. The summed E-state index contributed by atoms with van der Waals surface area (Å²) in [5, 5.41) is 11.8. The first-order valence-corrected chi connectivity index (χ1v) is 8.57. The van der Waals surface area contributed by atoms with Crippen molar-refractivity contribution in [3.63, 3.8) is 0 Å². The Hall–Kier alpha value is -2.67. The summed E-state index contributed by atoms with van der Waals surface area (Å²) >= 11 is 0. The Balaban J connectivity index is 1.72. The lowest BCUT2D eigenvalue weighted by molar-refractivity contribution is 0.254. The molecule has 0 saturated heterocycles. The summed E-state index contributed by atoms with van der Waals surface area (Å²) in [4.78, 5) is 11.6. The molecular weight excluding hydrogens is 316 g/mol. The third kappa shape index (κ3) is 3.02. The van der Waals surface area contributed by atoms with Crippen LogP contribution in [0.1, 0.15) is 30.2 Å². The third-order valence-corrected chi connectivity index (χ3v) is 4.56. The molecule has 4 heterocycles. The maximum absolute atomic E-state index is 5.44. The molecule has 3 aromatic heterocycles. The Bertz CT molecular complexity index is 877. The summed E-state index contributed by atoms with van der Waals surface area (Å²) in [6.45, 7) is 7.31. The molecular formula is C18H20N6O. The van der Waals surface area contributed by atoms with Crippen LogP contribution in [0.3, 0.4) is 0 Å². The van der Waals surface area contributed by atoms with Crippen molar-refractivity contribution in [3.05, 3.63) is 41.5 Å². The Morgan fingerprint density at radius 1 is 1.24 bits per heavy atom. The van der Waals surface area contributed by atoms with Crippen LogP contribution in [-0.4, -0.2) is 43.3 Å². The molecule has 25 heavy (non-hydrogen) atoms. The summed E-state index contributed by atoms with van der Waals surface area (Å²) in [5.41, 5.74) is 5.25. The average Bonchev–Trinajstić information content (AvgIpc) is 3.12. The molecule has 1 aliphatic rings. The summed E-state index contributed by atoms with van der Waals surface area (Å²) in [6.07, 6.45) is 7.36. The van der Waals surface area contributed by atoms with Crippen molar-refractivity contribution in [1.29, 1.82) is 0 Å². The van der Waals surface area contributed by atoms with E-state index in [0.29, 0.717) is 11.7 Å². The number of pyridine rings is 1. The van der Waals surface area contributed by atoms with Crippen LogP contribution < -0.4 is 0 Å². The molecule has 4 rings (SSSR count). The van der Waals surface area contributed by atoms with E-state index < -0.39 is 0 Å². The molecule has 1 aliphatic heterocycles. The Morgan fingerprint density at radius 3 is 2.96 bits per heavy atom. The van der Waals surface area contributed by atoms with Gasteiger partial charge in [0.1, 0.15) is 0 Å². The van der Waals surface area contributed by atoms with Crippen LogP contribution in [0.25, 0.3) is 22.8 Å². The van der Waals surface area contributed by atoms with E-state index in [-0.39, 0.29) is 0 Å². The van der Waals surface area contributed by atoms with Gasteiger partial charge in [0.25, 0.3) is 5.89 Å². The summed E-state index contributed by atoms with van der Waals surface area (Å²) in [6, 6.07) is 1.80. The van der Waals surface area contributed by atoms with Gasteiger partial charge >= 0.3 is 0 Å². The second kappa shape index (κ2) is 6.68. The number of hydrogen-bond donors (Lipinski definition) is 0. The Labute approximate surface area is 146 Å². The standard InChI is InChI=1S/C18H20N6O/c1-3-7-24-8-5-15-14(11-24)9-19-12(2)16(15)17-22-18(25-23-17)13-4-6-20-21-10-13/h4,6,9-10H,3,5,7-8,11H2,1-2H3. The first kappa shape index (κ1) is 15.8. The molecule has 0 bridgehead atoms. The van der Waals surface area contributed by atoms with Gasteiger partial charge in [-0.2, -0.15) is 15.2 Å². The first-order chi connectivity index (χ1) is 12.3. The molecule has 128 valence electrons. The van der Waals surface area contributed by atoms with Gasteiger partial charge in [-0.25, -0.2) is 0 Å². The first-order valence-electron chi connectivity index (χ1n) is 8.57. The van der Waals surface area contributed by atoms with E-state index in [1.54, 1.807) is 18.5 Å². The van der Waals surface area contributed by atoms with E-state index >= 15 is 0 Å². The highest BCUT2D eigenvalue weighted by molar-refractivity contribution is 5.66. The lowest BCUT2D eigenvalue weighted by atomic mass is 9.94. The molecule has 0 unspecified atom stereocenters. The van der Waals surface area contributed by atoms with E-state index in [4.69, 9.17) is 4.52 Å². The SMILES string of the molecule is CCCN1CCc2c(cnc(C)c2-c2noc(-c3ccnnc3)n2)C1. The van der Waals surface area contributed by atoms with Crippen LogP contribution in [0.5, 0.6) is 0 Å². The summed E-state index contributed by atoms with van der Waals surface area (Å²) in [5.74, 6) is 1.04. The molecule has 0 amide bonds. The lowest BCUT2D eigenvalue weighted by Crippen LogP contribution is -2.31. The van der Waals surface area contributed by atoms with Crippen LogP contribution in [0.15, 0.2) is 29.2 Å². The van der Waals surface area contributed by atoms with Gasteiger partial charge in [0.05, 0.1) is 18.0 Å². The van der Waals surface area contributed by atoms with E-state index in [1.165, 1.54) is 11.1 Å². The number of aryl methyl sites for hydroxylation is 1. The zero-order chi connectivity index (χ0) is 17.2. The monoisotopic (exact) mass is 336 g/mol. The fraction of sp³-hybridized carbons (Fsp3) is 0.389. The minimum absolute atomic E-state index is 0.449. The predicted octanol–water partition coefficient (Wildman–Crippen LogP) is 2.67. The predicted molar refractivity (Wildman–Crippen MR) is 92.6 cm³/mol. The van der Waals surface area contributed by atoms with Crippen LogP contribution in [0.4, 0.5) is 0 Å². The van der Waals surface area contributed by atoms with Gasteiger partial charge in [0.2, 0.25) is 5.82 Å². The van der Waals surface area contributed by atoms with Crippen LogP contribution in [-0.2, 0) is 13.0 Å². The molecule has 0 aromatic carbocycles. The maximum Gasteiger partial charge on any atom is 0.259 e. The number of fused-ring (bicyclic) bond motifs is 1. The van der Waals surface area contributed by atoms with Crippen molar-refractivity contribution in [1.82, 2.24) is 30.2 Å². The fourth-order valence-electron chi connectivity index (χ4n) is 3.37. The molecule has 0 saturated carbocycles. The van der Waals surface area contributed by atoms with Gasteiger partial charge in [-0.05, 0) is 43.5 Å². The molecule has 7 nitrogen and oxygen atoms in total. The van der Waals surface area contributed by atoms with Crippen LogP contribution in [0, 0.1) is 6.92 Å². The highest BCUT2D eigenvalue weighted by atomic mass is 16.5. The molecule has 0 N–H and O–H groups in total. The number of nitrogens with zero attached hydrogens (tertiary/aromatic N) is 6. The van der Waals surface area contributed by atoms with E-state index in [0.717, 1.165) is 49.3 Å². The second-order valence-corrected chi connectivity index (χ2v) is 6.30. The van der Waals surface area contributed by atoms with Crippen molar-refractivity contribution < 1.29 is 4.52 Å². The fourth-order valence-corrected chi connectivity index (χ4v) is 3.37. The van der Waals surface area contributed by atoms with Crippen LogP contribution in [0.2, 0.25) is 0 Å². The van der Waals surface area contributed by atoms with E-state index in [9.17, 15) is 0 Å². The molecule has 0 spiro atoms. The average molecular weight is 336 g/mol. The van der Waals surface area contributed by atoms with Crippen LogP contribution >= 0.6 is 0 Å². The van der Waals surface area contributed by atoms with Gasteiger partial charge in [0.15, 0.2) is 0 Å². The van der Waals surface area contributed by atoms with Crippen molar-refractivity contribution in [2.24, 2.45) is 0 Å². The zero-order valence-electron chi connectivity index (χ0n) is 14.4. The molecule has 0 atom stereocenters. The Morgan fingerprint density at radius 2 is 2.16 bits per heavy atom. The molecule has 7 heteroatoms. The third-order valence-electron chi connectivity index (χ3n) is 4.56.